The molecule has 0 bridgehead atoms. The average Bonchev–Trinajstić information content (AvgIpc) is 2.30. The fraction of sp³-hybridized carbons (Fsp3) is 0.333. The highest BCUT2D eigenvalue weighted by atomic mass is 19.1. The summed E-state index contributed by atoms with van der Waals surface area (Å²) in [6, 6.07) is 3.50. The lowest BCUT2D eigenvalue weighted by molar-refractivity contribution is 0.438. The molecular formula is C15H19FO. The molecule has 0 aliphatic heterocycles. The summed E-state index contributed by atoms with van der Waals surface area (Å²) in [5.41, 5.74) is 3.12. The summed E-state index contributed by atoms with van der Waals surface area (Å²) in [5, 5.41) is 0. The lowest BCUT2D eigenvalue weighted by Gasteiger charge is -2.09. The summed E-state index contributed by atoms with van der Waals surface area (Å²) in [6.45, 7) is 9.37. The third kappa shape index (κ3) is 3.74. The van der Waals surface area contributed by atoms with Gasteiger partial charge in [0.05, 0.1) is 6.26 Å². The molecule has 0 saturated carbocycles. The minimum absolute atomic E-state index is 0.270. The molecule has 0 amide bonds. The van der Waals surface area contributed by atoms with Gasteiger partial charge in [-0.1, -0.05) is 24.3 Å². The van der Waals surface area contributed by atoms with Crippen LogP contribution in [-0.4, -0.2) is 0 Å². The Labute approximate surface area is 103 Å². The molecule has 2 heteroatoms. The Bertz CT molecular complexity index is 410. The van der Waals surface area contributed by atoms with E-state index in [0.717, 1.165) is 24.0 Å². The van der Waals surface area contributed by atoms with Crippen molar-refractivity contribution in [2.24, 2.45) is 0 Å². The number of benzene rings is 1. The number of rotatable bonds is 5. The van der Waals surface area contributed by atoms with Crippen LogP contribution < -0.4 is 4.74 Å². The number of hydrogen-bond acceptors (Lipinski definition) is 1. The molecule has 0 unspecified atom stereocenters. The zero-order chi connectivity index (χ0) is 12.8. The van der Waals surface area contributed by atoms with Gasteiger partial charge in [-0.25, -0.2) is 4.39 Å². The van der Waals surface area contributed by atoms with Crippen molar-refractivity contribution in [1.29, 1.82) is 0 Å². The van der Waals surface area contributed by atoms with Gasteiger partial charge in [0, 0.05) is 0 Å². The zero-order valence-corrected chi connectivity index (χ0v) is 10.7. The quantitative estimate of drug-likeness (QED) is 0.536. The Kier molecular flexibility index (Phi) is 4.95. The molecule has 0 heterocycles. The molecule has 0 atom stereocenters. The molecule has 0 aliphatic rings. The fourth-order valence-corrected chi connectivity index (χ4v) is 1.66. The number of hydrogen-bond donors (Lipinski definition) is 0. The normalized spacial score (nSPS) is 11.4. The number of allylic oxidation sites excluding steroid dienone is 2. The van der Waals surface area contributed by atoms with Gasteiger partial charge in [-0.05, 0) is 50.8 Å². The van der Waals surface area contributed by atoms with Gasteiger partial charge in [0.25, 0.3) is 0 Å². The molecule has 92 valence electrons. The van der Waals surface area contributed by atoms with Gasteiger partial charge in [0.1, 0.15) is 0 Å². The van der Waals surface area contributed by atoms with E-state index in [1.807, 2.05) is 19.9 Å². The fourth-order valence-electron chi connectivity index (χ4n) is 1.66. The first kappa shape index (κ1) is 13.5. The monoisotopic (exact) mass is 234 g/mol. The smallest absolute Gasteiger partial charge is 0.166 e. The van der Waals surface area contributed by atoms with E-state index in [1.54, 1.807) is 0 Å². The van der Waals surface area contributed by atoms with E-state index in [0.29, 0.717) is 0 Å². The highest BCUT2D eigenvalue weighted by Crippen LogP contribution is 2.25. The van der Waals surface area contributed by atoms with Gasteiger partial charge in [0.15, 0.2) is 11.6 Å². The Morgan fingerprint density at radius 2 is 2.18 bits per heavy atom. The molecule has 17 heavy (non-hydrogen) atoms. The van der Waals surface area contributed by atoms with Crippen LogP contribution in [0.25, 0.3) is 0 Å². The van der Waals surface area contributed by atoms with Gasteiger partial charge in [-0.3, -0.25) is 0 Å². The molecule has 0 radical (unpaired) electrons. The van der Waals surface area contributed by atoms with Crippen molar-refractivity contribution in [3.8, 4) is 5.75 Å². The third-order valence-electron chi connectivity index (χ3n) is 2.79. The Morgan fingerprint density at radius 3 is 2.71 bits per heavy atom. The van der Waals surface area contributed by atoms with Crippen LogP contribution in [0.3, 0.4) is 0 Å². The van der Waals surface area contributed by atoms with Gasteiger partial charge in [-0.2, -0.15) is 0 Å². The van der Waals surface area contributed by atoms with E-state index in [2.05, 4.69) is 19.6 Å². The number of ether oxygens (including phenoxy) is 1. The maximum atomic E-state index is 13.7. The standard InChI is InChI=1S/C15H19FO/c1-5-11(3)7-8-13-9-12(4)15(17-6-2)14(16)10-13/h5-6,9-10H,2,7-8H2,1,3-4H3/b11-5+. The molecular weight excluding hydrogens is 215 g/mol. The van der Waals surface area contributed by atoms with Crippen LogP contribution in [0.2, 0.25) is 0 Å². The van der Waals surface area contributed by atoms with E-state index in [-0.39, 0.29) is 11.6 Å². The molecule has 1 aromatic carbocycles. The minimum Gasteiger partial charge on any atom is -0.462 e. The van der Waals surface area contributed by atoms with Crippen LogP contribution in [0.15, 0.2) is 36.6 Å². The number of aryl methyl sites for hydroxylation is 2. The highest BCUT2D eigenvalue weighted by molar-refractivity contribution is 5.38. The first-order valence-corrected chi connectivity index (χ1v) is 5.76. The first-order valence-electron chi connectivity index (χ1n) is 5.76. The van der Waals surface area contributed by atoms with Crippen molar-refractivity contribution in [1.82, 2.24) is 0 Å². The molecule has 0 aliphatic carbocycles. The second-order valence-electron chi connectivity index (χ2n) is 4.14. The highest BCUT2D eigenvalue weighted by Gasteiger charge is 2.08. The lowest BCUT2D eigenvalue weighted by atomic mass is 10.0. The van der Waals surface area contributed by atoms with Crippen LogP contribution in [0, 0.1) is 12.7 Å². The van der Waals surface area contributed by atoms with Gasteiger partial charge in [0.2, 0.25) is 0 Å². The summed E-state index contributed by atoms with van der Waals surface area (Å²) in [5.74, 6) is -0.0514. The second kappa shape index (κ2) is 6.24. The van der Waals surface area contributed by atoms with Gasteiger partial charge in [-0.15, -0.1) is 0 Å². The topological polar surface area (TPSA) is 9.23 Å². The summed E-state index contributed by atoms with van der Waals surface area (Å²) < 4.78 is 18.8. The van der Waals surface area contributed by atoms with E-state index < -0.39 is 0 Å². The Balaban J connectivity index is 2.86. The lowest BCUT2D eigenvalue weighted by Crippen LogP contribution is -1.95. The molecule has 1 aromatic rings. The molecule has 0 spiro atoms. The second-order valence-corrected chi connectivity index (χ2v) is 4.14. The van der Waals surface area contributed by atoms with Crippen LogP contribution in [0.5, 0.6) is 5.75 Å². The van der Waals surface area contributed by atoms with Gasteiger partial charge < -0.3 is 4.74 Å². The molecule has 1 rings (SSSR count). The molecule has 0 N–H and O–H groups in total. The van der Waals surface area contributed by atoms with Gasteiger partial charge >= 0.3 is 0 Å². The molecule has 0 aromatic heterocycles. The summed E-state index contributed by atoms with van der Waals surface area (Å²) in [7, 11) is 0. The summed E-state index contributed by atoms with van der Waals surface area (Å²) in [6.07, 6.45) is 5.13. The summed E-state index contributed by atoms with van der Waals surface area (Å²) in [4.78, 5) is 0. The van der Waals surface area contributed by atoms with Crippen molar-refractivity contribution in [3.63, 3.8) is 0 Å². The van der Waals surface area contributed by atoms with Crippen LogP contribution in [-0.2, 0) is 6.42 Å². The van der Waals surface area contributed by atoms with Crippen LogP contribution in [0.1, 0.15) is 31.4 Å². The third-order valence-corrected chi connectivity index (χ3v) is 2.79. The van der Waals surface area contributed by atoms with Crippen molar-refractivity contribution < 1.29 is 9.13 Å². The molecule has 0 fully saturated rings. The predicted molar refractivity (Wildman–Crippen MR) is 69.7 cm³/mol. The Morgan fingerprint density at radius 1 is 1.47 bits per heavy atom. The van der Waals surface area contributed by atoms with Crippen LogP contribution in [0.4, 0.5) is 4.39 Å². The maximum absolute atomic E-state index is 13.7. The van der Waals surface area contributed by atoms with Crippen molar-refractivity contribution in [3.05, 3.63) is 53.6 Å². The maximum Gasteiger partial charge on any atom is 0.166 e. The average molecular weight is 234 g/mol. The molecule has 1 nitrogen and oxygen atoms in total. The first-order chi connectivity index (χ1) is 8.08. The van der Waals surface area contributed by atoms with Crippen molar-refractivity contribution >= 4 is 0 Å². The Hall–Kier alpha value is -1.57. The van der Waals surface area contributed by atoms with Crippen LogP contribution >= 0.6 is 0 Å². The van der Waals surface area contributed by atoms with E-state index >= 15 is 0 Å². The largest absolute Gasteiger partial charge is 0.462 e. The van der Waals surface area contributed by atoms with E-state index in [4.69, 9.17) is 4.74 Å². The minimum atomic E-state index is -0.321. The SMILES string of the molecule is C=COc1c(C)cc(CC/C(C)=C/C)cc1F. The van der Waals surface area contributed by atoms with Crippen molar-refractivity contribution in [2.45, 2.75) is 33.6 Å². The van der Waals surface area contributed by atoms with E-state index in [1.165, 1.54) is 17.9 Å². The van der Waals surface area contributed by atoms with Crippen molar-refractivity contribution in [2.75, 3.05) is 0 Å². The van der Waals surface area contributed by atoms with E-state index in [9.17, 15) is 4.39 Å². The zero-order valence-electron chi connectivity index (χ0n) is 10.7. The molecule has 0 saturated heterocycles. The number of halogens is 1. The summed E-state index contributed by atoms with van der Waals surface area (Å²) >= 11 is 0. The predicted octanol–water partition coefficient (Wildman–Crippen LogP) is 4.56.